The van der Waals surface area contributed by atoms with Crippen molar-refractivity contribution in [2.24, 2.45) is 0 Å². The van der Waals surface area contributed by atoms with Crippen LogP contribution in [0, 0.1) is 24.0 Å². The van der Waals surface area contributed by atoms with Crippen LogP contribution in [-0.2, 0) is 10.0 Å². The van der Waals surface area contributed by atoms with Gasteiger partial charge in [-0.3, -0.25) is 10.1 Å². The molecule has 0 unspecified atom stereocenters. The van der Waals surface area contributed by atoms with Gasteiger partial charge in [-0.2, -0.15) is 0 Å². The van der Waals surface area contributed by atoms with Crippen LogP contribution >= 0.6 is 0 Å². The molecule has 1 aromatic carbocycles. The smallest absolute Gasteiger partial charge is 0.292 e. The number of benzene rings is 1. The molecule has 0 aliphatic carbocycles. The van der Waals surface area contributed by atoms with Crippen LogP contribution in [0.5, 0.6) is 0 Å². The lowest BCUT2D eigenvalue weighted by atomic mass is 10.1. The maximum Gasteiger partial charge on any atom is 0.292 e. The first-order chi connectivity index (χ1) is 10.3. The average Bonchev–Trinajstić information content (AvgIpc) is 2.48. The van der Waals surface area contributed by atoms with E-state index < -0.39 is 14.9 Å². The third-order valence-corrected chi connectivity index (χ3v) is 5.21. The summed E-state index contributed by atoms with van der Waals surface area (Å²) in [5, 5.41) is 14.4. The number of nitrogens with one attached hydrogen (secondary N) is 2. The predicted molar refractivity (Wildman–Crippen MR) is 83.3 cm³/mol. The molecule has 2 N–H and O–H groups in total. The number of hydrogen-bond acceptors (Lipinski definition) is 5. The second-order valence-corrected chi connectivity index (χ2v) is 6.98. The number of hydrogen-bond donors (Lipinski definition) is 2. The first-order valence-corrected chi connectivity index (χ1v) is 8.44. The second kappa shape index (κ2) is 6.55. The van der Waals surface area contributed by atoms with E-state index in [9.17, 15) is 18.5 Å². The van der Waals surface area contributed by atoms with E-state index >= 15 is 0 Å². The topological polar surface area (TPSA) is 101 Å². The molecule has 22 heavy (non-hydrogen) atoms. The highest BCUT2D eigenvalue weighted by atomic mass is 32.2. The monoisotopic (exact) mass is 325 g/mol. The number of nitrogens with zero attached hydrogens (tertiary/aromatic N) is 1. The molecule has 8 heteroatoms. The molecular formula is C14H19N3O4S. The zero-order valence-corrected chi connectivity index (χ0v) is 13.4. The maximum atomic E-state index is 12.5. The van der Waals surface area contributed by atoms with Gasteiger partial charge in [-0.05, 0) is 32.4 Å². The molecule has 7 nitrogen and oxygen atoms in total. The first-order valence-electron chi connectivity index (χ1n) is 6.96. The van der Waals surface area contributed by atoms with Crippen LogP contribution in [0.1, 0.15) is 17.5 Å². The normalized spacial score (nSPS) is 15.5. The Morgan fingerprint density at radius 1 is 1.32 bits per heavy atom. The number of rotatable bonds is 5. The number of nitro benzene ring substituents is 1. The van der Waals surface area contributed by atoms with E-state index in [4.69, 9.17) is 0 Å². The van der Waals surface area contributed by atoms with Crippen LogP contribution < -0.4 is 10.0 Å². The van der Waals surface area contributed by atoms with Gasteiger partial charge in [0.05, 0.1) is 4.92 Å². The summed E-state index contributed by atoms with van der Waals surface area (Å²) < 4.78 is 27.5. The van der Waals surface area contributed by atoms with Crippen molar-refractivity contribution in [3.63, 3.8) is 0 Å². The summed E-state index contributed by atoms with van der Waals surface area (Å²) in [6, 6.07) is 3.14. The van der Waals surface area contributed by atoms with E-state index in [1.54, 1.807) is 19.1 Å². The van der Waals surface area contributed by atoms with Gasteiger partial charge in [-0.25, -0.2) is 13.1 Å². The minimum absolute atomic E-state index is 0.175. The van der Waals surface area contributed by atoms with Crippen molar-refractivity contribution in [3.05, 3.63) is 45.0 Å². The van der Waals surface area contributed by atoms with Crippen molar-refractivity contribution in [1.29, 1.82) is 0 Å². The standard InChI is InChI=1S/C14H19N3O4S/c1-10-3-4-11(2)14(13(10)17(18)19)22(20,21)16-9-12-5-7-15-8-6-12/h3-5,15-16H,6-9H2,1-2H3. The number of sulfonamides is 1. The second-order valence-electron chi connectivity index (χ2n) is 5.28. The molecule has 120 valence electrons. The largest absolute Gasteiger partial charge is 0.313 e. The quantitative estimate of drug-likeness (QED) is 0.484. The van der Waals surface area contributed by atoms with Gasteiger partial charge in [-0.15, -0.1) is 0 Å². The van der Waals surface area contributed by atoms with Crippen molar-refractivity contribution in [2.75, 3.05) is 19.6 Å². The predicted octanol–water partition coefficient (Wildman–Crippen LogP) is 1.41. The van der Waals surface area contributed by atoms with E-state index in [-0.39, 0.29) is 17.1 Å². The summed E-state index contributed by atoms with van der Waals surface area (Å²) in [6.07, 6.45) is 2.70. The number of aryl methyl sites for hydroxylation is 2. The third kappa shape index (κ3) is 3.52. The minimum atomic E-state index is -3.94. The lowest BCUT2D eigenvalue weighted by Gasteiger charge is -2.15. The van der Waals surface area contributed by atoms with Gasteiger partial charge in [0.15, 0.2) is 4.90 Å². The molecule has 0 fully saturated rings. The highest BCUT2D eigenvalue weighted by molar-refractivity contribution is 7.89. The van der Waals surface area contributed by atoms with E-state index in [0.717, 1.165) is 18.5 Å². The van der Waals surface area contributed by atoms with E-state index in [0.29, 0.717) is 17.7 Å². The highest BCUT2D eigenvalue weighted by Crippen LogP contribution is 2.30. The summed E-state index contributed by atoms with van der Waals surface area (Å²) in [5.74, 6) is 0. The summed E-state index contributed by atoms with van der Waals surface area (Å²) >= 11 is 0. The van der Waals surface area contributed by atoms with Gasteiger partial charge in [-0.1, -0.05) is 23.8 Å². The highest BCUT2D eigenvalue weighted by Gasteiger charge is 2.29. The fourth-order valence-corrected chi connectivity index (χ4v) is 3.93. The van der Waals surface area contributed by atoms with Crippen LogP contribution in [-0.4, -0.2) is 33.0 Å². The Hall–Kier alpha value is -1.77. The van der Waals surface area contributed by atoms with Crippen molar-refractivity contribution >= 4 is 15.7 Å². The molecule has 0 aromatic heterocycles. The molecule has 2 rings (SSSR count). The zero-order valence-electron chi connectivity index (χ0n) is 12.5. The third-order valence-electron chi connectivity index (χ3n) is 3.63. The summed E-state index contributed by atoms with van der Waals surface area (Å²) in [7, 11) is -3.94. The van der Waals surface area contributed by atoms with Crippen molar-refractivity contribution < 1.29 is 13.3 Å². The molecule has 1 aliphatic rings. The molecule has 0 spiro atoms. The molecule has 0 bridgehead atoms. The fraction of sp³-hybridized carbons (Fsp3) is 0.429. The minimum Gasteiger partial charge on any atom is -0.313 e. The average molecular weight is 325 g/mol. The molecular weight excluding hydrogens is 306 g/mol. The number of nitro groups is 1. The van der Waals surface area contributed by atoms with Crippen molar-refractivity contribution in [1.82, 2.24) is 10.0 Å². The van der Waals surface area contributed by atoms with Crippen LogP contribution in [0.2, 0.25) is 0 Å². The van der Waals surface area contributed by atoms with Gasteiger partial charge in [0.25, 0.3) is 5.69 Å². The Balaban J connectivity index is 2.35. The van der Waals surface area contributed by atoms with E-state index in [2.05, 4.69) is 10.0 Å². The Kier molecular flexibility index (Phi) is 4.94. The van der Waals surface area contributed by atoms with Gasteiger partial charge in [0.2, 0.25) is 10.0 Å². The van der Waals surface area contributed by atoms with Gasteiger partial charge in [0.1, 0.15) is 0 Å². The van der Waals surface area contributed by atoms with Crippen LogP contribution in [0.25, 0.3) is 0 Å². The van der Waals surface area contributed by atoms with Crippen molar-refractivity contribution in [3.8, 4) is 0 Å². The SMILES string of the molecule is Cc1ccc(C)c(S(=O)(=O)NCC2=CCNCC2)c1[N+](=O)[O-]. The summed E-state index contributed by atoms with van der Waals surface area (Å²) in [6.45, 7) is 4.78. The zero-order chi connectivity index (χ0) is 16.3. The Bertz CT molecular complexity index is 726. The van der Waals surface area contributed by atoms with Crippen LogP contribution in [0.4, 0.5) is 5.69 Å². The molecule has 0 radical (unpaired) electrons. The Labute approximate surface area is 129 Å². The molecule has 0 atom stereocenters. The summed E-state index contributed by atoms with van der Waals surface area (Å²) in [5.41, 5.74) is 1.32. The lowest BCUT2D eigenvalue weighted by molar-refractivity contribution is -0.388. The molecule has 1 aromatic rings. The van der Waals surface area contributed by atoms with Gasteiger partial charge < -0.3 is 5.32 Å². The summed E-state index contributed by atoms with van der Waals surface area (Å²) in [4.78, 5) is 10.4. The molecule has 1 aliphatic heterocycles. The lowest BCUT2D eigenvalue weighted by Crippen LogP contribution is -2.30. The van der Waals surface area contributed by atoms with Crippen molar-refractivity contribution in [2.45, 2.75) is 25.2 Å². The Morgan fingerprint density at radius 2 is 2.00 bits per heavy atom. The van der Waals surface area contributed by atoms with Crippen LogP contribution in [0.3, 0.4) is 0 Å². The molecule has 0 saturated heterocycles. The van der Waals surface area contributed by atoms with Gasteiger partial charge >= 0.3 is 0 Å². The Morgan fingerprint density at radius 3 is 2.59 bits per heavy atom. The van der Waals surface area contributed by atoms with Crippen LogP contribution in [0.15, 0.2) is 28.7 Å². The van der Waals surface area contributed by atoms with E-state index in [1.807, 2.05) is 6.08 Å². The van der Waals surface area contributed by atoms with Gasteiger partial charge in [0, 0.05) is 18.7 Å². The molecule has 0 saturated carbocycles. The first kappa shape index (κ1) is 16.6. The maximum absolute atomic E-state index is 12.5. The van der Waals surface area contributed by atoms with E-state index in [1.165, 1.54) is 6.92 Å². The molecule has 1 heterocycles. The molecule has 0 amide bonds. The fourth-order valence-electron chi connectivity index (χ4n) is 2.43.